The van der Waals surface area contributed by atoms with Crippen molar-refractivity contribution in [2.24, 2.45) is 0 Å². The highest BCUT2D eigenvalue weighted by Crippen LogP contribution is 2.31. The van der Waals surface area contributed by atoms with Crippen LogP contribution in [0.1, 0.15) is 42.3 Å². The van der Waals surface area contributed by atoms with Gasteiger partial charge in [-0.2, -0.15) is 0 Å². The van der Waals surface area contributed by atoms with Gasteiger partial charge in [-0.05, 0) is 11.0 Å². The van der Waals surface area contributed by atoms with Gasteiger partial charge in [0.2, 0.25) is 0 Å². The number of esters is 1. The van der Waals surface area contributed by atoms with E-state index in [2.05, 4.69) is 20.8 Å². The first-order valence-corrected chi connectivity index (χ1v) is 4.79. The summed E-state index contributed by atoms with van der Waals surface area (Å²) < 4.78 is 5.02. The maximum Gasteiger partial charge on any atom is 0.339 e. The summed E-state index contributed by atoms with van der Waals surface area (Å²) in [6.07, 6.45) is 0. The summed E-state index contributed by atoms with van der Waals surface area (Å²) in [7, 11) is 0. The SMILES string of the molecule is CC(C)(C)c1cccc2c1C(=O)OC2. The van der Waals surface area contributed by atoms with Crippen LogP contribution in [0.15, 0.2) is 18.2 Å². The first-order valence-electron chi connectivity index (χ1n) is 4.79. The van der Waals surface area contributed by atoms with E-state index < -0.39 is 0 Å². The van der Waals surface area contributed by atoms with Crippen molar-refractivity contribution in [3.63, 3.8) is 0 Å². The van der Waals surface area contributed by atoms with E-state index in [-0.39, 0.29) is 11.4 Å². The topological polar surface area (TPSA) is 26.3 Å². The van der Waals surface area contributed by atoms with Crippen molar-refractivity contribution >= 4 is 5.97 Å². The van der Waals surface area contributed by atoms with Gasteiger partial charge in [-0.1, -0.05) is 39.0 Å². The summed E-state index contributed by atoms with van der Waals surface area (Å²) in [5.41, 5.74) is 2.87. The Labute approximate surface area is 83.9 Å². The fourth-order valence-corrected chi connectivity index (χ4v) is 1.80. The maximum absolute atomic E-state index is 11.5. The van der Waals surface area contributed by atoms with E-state index in [0.717, 1.165) is 16.7 Å². The largest absolute Gasteiger partial charge is 0.457 e. The Bertz CT molecular complexity index is 386. The van der Waals surface area contributed by atoms with Gasteiger partial charge in [0.25, 0.3) is 0 Å². The normalized spacial score (nSPS) is 15.2. The number of rotatable bonds is 0. The predicted octanol–water partition coefficient (Wildman–Crippen LogP) is 2.65. The van der Waals surface area contributed by atoms with Crippen molar-refractivity contribution in [1.82, 2.24) is 0 Å². The van der Waals surface area contributed by atoms with Crippen molar-refractivity contribution < 1.29 is 9.53 Å². The number of hydrogen-bond acceptors (Lipinski definition) is 2. The number of benzene rings is 1. The minimum Gasteiger partial charge on any atom is -0.457 e. The molecule has 0 saturated heterocycles. The quantitative estimate of drug-likeness (QED) is 0.588. The Kier molecular flexibility index (Phi) is 1.88. The van der Waals surface area contributed by atoms with Crippen LogP contribution < -0.4 is 0 Å². The highest BCUT2D eigenvalue weighted by molar-refractivity contribution is 5.95. The molecule has 14 heavy (non-hydrogen) atoms. The Morgan fingerprint density at radius 2 is 2.00 bits per heavy atom. The monoisotopic (exact) mass is 190 g/mol. The second-order valence-corrected chi connectivity index (χ2v) is 4.67. The van der Waals surface area contributed by atoms with Gasteiger partial charge in [0.05, 0.1) is 5.56 Å². The molecule has 2 rings (SSSR count). The zero-order valence-corrected chi connectivity index (χ0v) is 8.76. The zero-order valence-electron chi connectivity index (χ0n) is 8.76. The summed E-state index contributed by atoms with van der Waals surface area (Å²) in [6, 6.07) is 5.95. The molecule has 1 heterocycles. The number of cyclic esters (lactones) is 1. The minimum absolute atomic E-state index is 0.00525. The molecule has 0 N–H and O–H groups in total. The van der Waals surface area contributed by atoms with Crippen LogP contribution in [0.2, 0.25) is 0 Å². The summed E-state index contributed by atoms with van der Waals surface area (Å²) in [4.78, 5) is 11.5. The van der Waals surface area contributed by atoms with Crippen LogP contribution in [0.4, 0.5) is 0 Å². The molecule has 1 aliphatic rings. The van der Waals surface area contributed by atoms with Gasteiger partial charge in [-0.25, -0.2) is 4.79 Å². The van der Waals surface area contributed by atoms with Crippen LogP contribution in [-0.2, 0) is 16.8 Å². The van der Waals surface area contributed by atoms with Gasteiger partial charge in [-0.3, -0.25) is 0 Å². The number of hydrogen-bond donors (Lipinski definition) is 0. The molecule has 0 aromatic heterocycles. The van der Waals surface area contributed by atoms with Gasteiger partial charge < -0.3 is 4.74 Å². The number of ether oxygens (including phenoxy) is 1. The lowest BCUT2D eigenvalue weighted by Gasteiger charge is -2.20. The second-order valence-electron chi connectivity index (χ2n) is 4.67. The van der Waals surface area contributed by atoms with Crippen LogP contribution >= 0.6 is 0 Å². The summed E-state index contributed by atoms with van der Waals surface area (Å²) in [5, 5.41) is 0. The molecule has 0 fully saturated rings. The maximum atomic E-state index is 11.5. The molecule has 0 saturated carbocycles. The fourth-order valence-electron chi connectivity index (χ4n) is 1.80. The molecule has 0 amide bonds. The van der Waals surface area contributed by atoms with Gasteiger partial charge in [0.15, 0.2) is 0 Å². The highest BCUT2D eigenvalue weighted by atomic mass is 16.5. The van der Waals surface area contributed by atoms with E-state index in [1.165, 1.54) is 0 Å². The average molecular weight is 190 g/mol. The summed E-state index contributed by atoms with van der Waals surface area (Å²) in [5.74, 6) is -0.175. The van der Waals surface area contributed by atoms with Crippen LogP contribution in [-0.4, -0.2) is 5.97 Å². The van der Waals surface area contributed by atoms with Gasteiger partial charge >= 0.3 is 5.97 Å². The smallest absolute Gasteiger partial charge is 0.339 e. The lowest BCUT2D eigenvalue weighted by Crippen LogP contribution is -2.16. The van der Waals surface area contributed by atoms with Crippen molar-refractivity contribution in [3.8, 4) is 0 Å². The van der Waals surface area contributed by atoms with Crippen molar-refractivity contribution in [3.05, 3.63) is 34.9 Å². The molecule has 1 aliphatic heterocycles. The Balaban J connectivity index is 2.64. The number of carbonyl (C=O) groups excluding carboxylic acids is 1. The van der Waals surface area contributed by atoms with Crippen LogP contribution in [0.5, 0.6) is 0 Å². The Morgan fingerprint density at radius 1 is 1.29 bits per heavy atom. The number of carbonyl (C=O) groups is 1. The van der Waals surface area contributed by atoms with E-state index in [1.54, 1.807) is 0 Å². The molecule has 0 unspecified atom stereocenters. The van der Waals surface area contributed by atoms with Crippen LogP contribution in [0.25, 0.3) is 0 Å². The van der Waals surface area contributed by atoms with Gasteiger partial charge in [-0.15, -0.1) is 0 Å². The molecule has 2 nitrogen and oxygen atoms in total. The zero-order chi connectivity index (χ0) is 10.3. The van der Waals surface area contributed by atoms with Crippen molar-refractivity contribution in [2.75, 3.05) is 0 Å². The molecular formula is C12H14O2. The minimum atomic E-state index is -0.175. The molecule has 0 bridgehead atoms. The lowest BCUT2D eigenvalue weighted by atomic mass is 9.83. The molecule has 0 aliphatic carbocycles. The predicted molar refractivity (Wildman–Crippen MR) is 54.3 cm³/mol. The molecular weight excluding hydrogens is 176 g/mol. The standard InChI is InChI=1S/C12H14O2/c1-12(2,3)9-6-4-5-8-7-14-11(13)10(8)9/h4-6H,7H2,1-3H3. The first-order chi connectivity index (χ1) is 6.50. The molecule has 0 atom stereocenters. The van der Waals surface area contributed by atoms with Crippen molar-refractivity contribution in [1.29, 1.82) is 0 Å². The second kappa shape index (κ2) is 2.84. The summed E-state index contributed by atoms with van der Waals surface area (Å²) in [6.45, 7) is 6.74. The lowest BCUT2D eigenvalue weighted by molar-refractivity contribution is 0.0533. The van der Waals surface area contributed by atoms with Crippen LogP contribution in [0, 0.1) is 0 Å². The van der Waals surface area contributed by atoms with E-state index >= 15 is 0 Å². The third kappa shape index (κ3) is 1.31. The van der Waals surface area contributed by atoms with E-state index in [1.807, 2.05) is 18.2 Å². The van der Waals surface area contributed by atoms with E-state index in [9.17, 15) is 4.79 Å². The van der Waals surface area contributed by atoms with Gasteiger partial charge in [0.1, 0.15) is 6.61 Å². The molecule has 0 spiro atoms. The average Bonchev–Trinajstić information content (AvgIpc) is 2.46. The van der Waals surface area contributed by atoms with Crippen molar-refractivity contribution in [2.45, 2.75) is 32.8 Å². The highest BCUT2D eigenvalue weighted by Gasteiger charge is 2.29. The first kappa shape index (κ1) is 9.25. The Hall–Kier alpha value is -1.31. The number of fused-ring (bicyclic) bond motifs is 1. The molecule has 1 aromatic rings. The molecule has 2 heteroatoms. The third-order valence-corrected chi connectivity index (χ3v) is 2.52. The molecule has 74 valence electrons. The van der Waals surface area contributed by atoms with E-state index in [4.69, 9.17) is 4.74 Å². The van der Waals surface area contributed by atoms with Gasteiger partial charge in [0, 0.05) is 5.56 Å². The van der Waals surface area contributed by atoms with Crippen LogP contribution in [0.3, 0.4) is 0 Å². The third-order valence-electron chi connectivity index (χ3n) is 2.52. The molecule has 1 aromatic carbocycles. The summed E-state index contributed by atoms with van der Waals surface area (Å²) >= 11 is 0. The Morgan fingerprint density at radius 3 is 2.64 bits per heavy atom. The molecule has 0 radical (unpaired) electrons. The fraction of sp³-hybridized carbons (Fsp3) is 0.417. The van der Waals surface area contributed by atoms with E-state index in [0.29, 0.717) is 6.61 Å².